The van der Waals surface area contributed by atoms with E-state index >= 15 is 0 Å². The second kappa shape index (κ2) is 4.54. The third kappa shape index (κ3) is 4.19. The third-order valence-electron chi connectivity index (χ3n) is 1.53. The summed E-state index contributed by atoms with van der Waals surface area (Å²) in [5, 5.41) is 7.03. The lowest BCUT2D eigenvalue weighted by Crippen LogP contribution is -2.03. The highest BCUT2D eigenvalue weighted by Crippen LogP contribution is 2.11. The number of rotatable bonds is 4. The Kier molecular flexibility index (Phi) is 4.37. The van der Waals surface area contributed by atoms with Gasteiger partial charge in [0.1, 0.15) is 0 Å². The van der Waals surface area contributed by atoms with Gasteiger partial charge >= 0.3 is 0 Å². The summed E-state index contributed by atoms with van der Waals surface area (Å²) < 4.78 is 0. The molecular weight excluding hydrogens is 110 g/mol. The standard InChI is InChI=1S/C8H17N/c1-4-8(6-9)5-7(2)3/h6-9H,4-5H2,1-3H3. The van der Waals surface area contributed by atoms with Gasteiger partial charge in [-0.15, -0.1) is 0 Å². The SMILES string of the molecule is CCC(C=N)CC(C)C. The molecule has 0 rings (SSSR count). The molecule has 1 atom stereocenters. The molecule has 0 spiro atoms. The van der Waals surface area contributed by atoms with Crippen LogP contribution >= 0.6 is 0 Å². The molecule has 0 saturated heterocycles. The molecule has 54 valence electrons. The van der Waals surface area contributed by atoms with E-state index in [1.807, 2.05) is 0 Å². The minimum atomic E-state index is 0.519. The van der Waals surface area contributed by atoms with Crippen molar-refractivity contribution >= 4 is 6.21 Å². The van der Waals surface area contributed by atoms with E-state index in [-0.39, 0.29) is 0 Å². The van der Waals surface area contributed by atoms with E-state index in [0.717, 1.165) is 12.3 Å². The zero-order chi connectivity index (χ0) is 7.28. The highest BCUT2D eigenvalue weighted by Gasteiger charge is 2.03. The minimum Gasteiger partial charge on any atom is -0.313 e. The lowest BCUT2D eigenvalue weighted by atomic mass is 9.96. The van der Waals surface area contributed by atoms with Crippen molar-refractivity contribution < 1.29 is 0 Å². The van der Waals surface area contributed by atoms with Gasteiger partial charge in [0.2, 0.25) is 0 Å². The van der Waals surface area contributed by atoms with Crippen LogP contribution in [0.1, 0.15) is 33.6 Å². The van der Waals surface area contributed by atoms with Crippen LogP contribution in [-0.4, -0.2) is 6.21 Å². The molecule has 1 unspecified atom stereocenters. The maximum Gasteiger partial charge on any atom is -0.00167 e. The fourth-order valence-electron chi connectivity index (χ4n) is 0.958. The Labute approximate surface area is 58.0 Å². The predicted octanol–water partition coefficient (Wildman–Crippen LogP) is 2.71. The van der Waals surface area contributed by atoms with Crippen molar-refractivity contribution in [2.75, 3.05) is 0 Å². The Hall–Kier alpha value is -0.330. The molecule has 0 fully saturated rings. The molecule has 1 nitrogen and oxygen atoms in total. The largest absolute Gasteiger partial charge is 0.313 e. The van der Waals surface area contributed by atoms with Crippen LogP contribution in [0.2, 0.25) is 0 Å². The number of hydrogen-bond acceptors (Lipinski definition) is 1. The minimum absolute atomic E-state index is 0.519. The Bertz CT molecular complexity index is 76.6. The molecule has 9 heavy (non-hydrogen) atoms. The van der Waals surface area contributed by atoms with Crippen LogP contribution in [0, 0.1) is 17.2 Å². The highest BCUT2D eigenvalue weighted by atomic mass is 14.3. The number of hydrogen-bond donors (Lipinski definition) is 1. The molecule has 1 heteroatoms. The first-order chi connectivity index (χ1) is 4.20. The van der Waals surface area contributed by atoms with Crippen LogP contribution in [0.5, 0.6) is 0 Å². The van der Waals surface area contributed by atoms with Gasteiger partial charge in [-0.25, -0.2) is 0 Å². The van der Waals surface area contributed by atoms with Gasteiger partial charge in [0, 0.05) is 0 Å². The van der Waals surface area contributed by atoms with E-state index in [1.165, 1.54) is 6.42 Å². The van der Waals surface area contributed by atoms with E-state index in [1.54, 1.807) is 6.21 Å². The van der Waals surface area contributed by atoms with Gasteiger partial charge in [-0.2, -0.15) is 0 Å². The first-order valence-electron chi connectivity index (χ1n) is 3.71. The molecule has 0 heterocycles. The molecule has 0 radical (unpaired) electrons. The van der Waals surface area contributed by atoms with Crippen molar-refractivity contribution in [2.45, 2.75) is 33.6 Å². The molecule has 0 aromatic rings. The summed E-state index contributed by atoms with van der Waals surface area (Å²) in [6, 6.07) is 0. The monoisotopic (exact) mass is 127 g/mol. The maximum atomic E-state index is 7.03. The fraction of sp³-hybridized carbons (Fsp3) is 0.875. The van der Waals surface area contributed by atoms with Gasteiger partial charge < -0.3 is 5.41 Å². The Balaban J connectivity index is 3.42. The summed E-state index contributed by atoms with van der Waals surface area (Å²) in [7, 11) is 0. The zero-order valence-corrected chi connectivity index (χ0v) is 6.65. The topological polar surface area (TPSA) is 23.9 Å². The molecule has 0 aliphatic carbocycles. The summed E-state index contributed by atoms with van der Waals surface area (Å²) in [5.74, 6) is 1.25. The van der Waals surface area contributed by atoms with Crippen molar-refractivity contribution in [3.05, 3.63) is 0 Å². The van der Waals surface area contributed by atoms with E-state index < -0.39 is 0 Å². The van der Waals surface area contributed by atoms with Crippen LogP contribution in [0.15, 0.2) is 0 Å². The van der Waals surface area contributed by atoms with E-state index in [2.05, 4.69) is 20.8 Å². The van der Waals surface area contributed by atoms with E-state index in [4.69, 9.17) is 5.41 Å². The van der Waals surface area contributed by atoms with Crippen LogP contribution in [0.25, 0.3) is 0 Å². The summed E-state index contributed by atoms with van der Waals surface area (Å²) in [5.41, 5.74) is 0. The lowest BCUT2D eigenvalue weighted by Gasteiger charge is -2.10. The smallest absolute Gasteiger partial charge is 0.00167 e. The third-order valence-corrected chi connectivity index (χ3v) is 1.53. The van der Waals surface area contributed by atoms with Crippen LogP contribution < -0.4 is 0 Å². The molecule has 1 N–H and O–H groups in total. The molecule has 0 bridgehead atoms. The Morgan fingerprint density at radius 3 is 2.11 bits per heavy atom. The Morgan fingerprint density at radius 1 is 1.44 bits per heavy atom. The van der Waals surface area contributed by atoms with Gasteiger partial charge in [0.25, 0.3) is 0 Å². The molecule has 0 aromatic heterocycles. The summed E-state index contributed by atoms with van der Waals surface area (Å²) >= 11 is 0. The van der Waals surface area contributed by atoms with Crippen molar-refractivity contribution in [2.24, 2.45) is 11.8 Å². The fourth-order valence-corrected chi connectivity index (χ4v) is 0.958. The summed E-state index contributed by atoms with van der Waals surface area (Å²) in [6.07, 6.45) is 3.85. The van der Waals surface area contributed by atoms with Crippen molar-refractivity contribution in [1.82, 2.24) is 0 Å². The van der Waals surface area contributed by atoms with Crippen molar-refractivity contribution in [3.63, 3.8) is 0 Å². The van der Waals surface area contributed by atoms with Gasteiger partial charge in [0.15, 0.2) is 0 Å². The Morgan fingerprint density at radius 2 is 2.00 bits per heavy atom. The second-order valence-electron chi connectivity index (χ2n) is 2.96. The highest BCUT2D eigenvalue weighted by molar-refractivity contribution is 5.56. The quantitative estimate of drug-likeness (QED) is 0.561. The van der Waals surface area contributed by atoms with Crippen LogP contribution in [0.4, 0.5) is 0 Å². The second-order valence-corrected chi connectivity index (χ2v) is 2.96. The van der Waals surface area contributed by atoms with Gasteiger partial charge in [-0.3, -0.25) is 0 Å². The number of nitrogens with one attached hydrogen (secondary N) is 1. The summed E-state index contributed by atoms with van der Waals surface area (Å²) in [6.45, 7) is 6.54. The van der Waals surface area contributed by atoms with Gasteiger partial charge in [-0.05, 0) is 30.9 Å². The van der Waals surface area contributed by atoms with Crippen molar-refractivity contribution in [3.8, 4) is 0 Å². The first kappa shape index (κ1) is 8.67. The van der Waals surface area contributed by atoms with Crippen molar-refractivity contribution in [1.29, 1.82) is 5.41 Å². The van der Waals surface area contributed by atoms with E-state index in [9.17, 15) is 0 Å². The average Bonchev–Trinajstić information content (AvgIpc) is 1.82. The predicted molar refractivity (Wildman–Crippen MR) is 42.0 cm³/mol. The molecular formula is C8H17N. The lowest BCUT2D eigenvalue weighted by molar-refractivity contribution is 0.491. The molecule has 0 saturated carbocycles. The average molecular weight is 127 g/mol. The molecule has 0 aliphatic heterocycles. The first-order valence-corrected chi connectivity index (χ1v) is 3.71. The maximum absolute atomic E-state index is 7.03. The van der Waals surface area contributed by atoms with Crippen LogP contribution in [0.3, 0.4) is 0 Å². The van der Waals surface area contributed by atoms with E-state index in [0.29, 0.717) is 5.92 Å². The summed E-state index contributed by atoms with van der Waals surface area (Å²) in [4.78, 5) is 0. The molecule has 0 amide bonds. The normalized spacial score (nSPS) is 13.8. The van der Waals surface area contributed by atoms with Gasteiger partial charge in [0.05, 0.1) is 0 Å². The zero-order valence-electron chi connectivity index (χ0n) is 6.65. The molecule has 0 aromatic carbocycles. The molecule has 0 aliphatic rings. The van der Waals surface area contributed by atoms with Crippen LogP contribution in [-0.2, 0) is 0 Å². The van der Waals surface area contributed by atoms with Gasteiger partial charge in [-0.1, -0.05) is 20.8 Å².